The first-order valence-corrected chi connectivity index (χ1v) is 6.60. The van der Waals surface area contributed by atoms with Gasteiger partial charge in [0.2, 0.25) is 0 Å². The largest absolute Gasteiger partial charge is 0.352 e. The highest BCUT2D eigenvalue weighted by atomic mass is 32.2. The molecule has 1 atom stereocenters. The van der Waals surface area contributed by atoms with Crippen LogP contribution in [-0.4, -0.2) is 17.7 Å². The zero-order chi connectivity index (χ0) is 12.0. The number of hydrogen-bond donors (Lipinski definition) is 1. The Balaban J connectivity index is 2.74. The van der Waals surface area contributed by atoms with Gasteiger partial charge >= 0.3 is 0 Å². The molecule has 0 aromatic heterocycles. The summed E-state index contributed by atoms with van der Waals surface area (Å²) in [5.74, 6) is 0.00843. The van der Waals surface area contributed by atoms with Gasteiger partial charge in [0.15, 0.2) is 0 Å². The maximum Gasteiger partial charge on any atom is 0.251 e. The lowest BCUT2D eigenvalue weighted by atomic mass is 10.2. The van der Waals surface area contributed by atoms with Gasteiger partial charge in [0, 0.05) is 22.3 Å². The molecule has 0 saturated heterocycles. The highest BCUT2D eigenvalue weighted by Crippen LogP contribution is 2.25. The molecular weight excluding hydrogens is 218 g/mol. The minimum Gasteiger partial charge on any atom is -0.352 e. The molecule has 1 aromatic carbocycles. The highest BCUT2D eigenvalue weighted by molar-refractivity contribution is 7.99. The molecule has 0 aliphatic carbocycles. The van der Waals surface area contributed by atoms with Crippen molar-refractivity contribution in [2.75, 3.05) is 6.54 Å². The first-order valence-electron chi connectivity index (χ1n) is 5.72. The Morgan fingerprint density at radius 3 is 2.81 bits per heavy atom. The molecule has 0 aliphatic heterocycles. The van der Waals surface area contributed by atoms with Gasteiger partial charge in [0.05, 0.1) is 0 Å². The highest BCUT2D eigenvalue weighted by Gasteiger charge is 2.06. The number of benzene rings is 1. The van der Waals surface area contributed by atoms with Gasteiger partial charge < -0.3 is 5.32 Å². The van der Waals surface area contributed by atoms with Crippen LogP contribution in [0.15, 0.2) is 29.2 Å². The number of rotatable bonds is 5. The molecule has 0 bridgehead atoms. The van der Waals surface area contributed by atoms with Gasteiger partial charge in [-0.05, 0) is 31.5 Å². The van der Waals surface area contributed by atoms with Crippen molar-refractivity contribution in [2.45, 2.75) is 37.3 Å². The van der Waals surface area contributed by atoms with Crippen LogP contribution in [0.3, 0.4) is 0 Å². The minimum atomic E-state index is 0.00843. The molecular formula is C13H19NOS. The first-order chi connectivity index (χ1) is 7.67. The fraction of sp³-hybridized carbons (Fsp3) is 0.462. The van der Waals surface area contributed by atoms with Crippen LogP contribution in [-0.2, 0) is 0 Å². The molecule has 3 heteroatoms. The van der Waals surface area contributed by atoms with Crippen molar-refractivity contribution < 1.29 is 4.79 Å². The summed E-state index contributed by atoms with van der Waals surface area (Å²) in [6.45, 7) is 6.96. The molecule has 1 rings (SSSR count). The number of thioether (sulfide) groups is 1. The van der Waals surface area contributed by atoms with E-state index in [1.54, 1.807) is 0 Å². The molecule has 0 aliphatic rings. The summed E-state index contributed by atoms with van der Waals surface area (Å²) in [7, 11) is 0. The molecule has 0 saturated carbocycles. The van der Waals surface area contributed by atoms with Crippen LogP contribution in [0.25, 0.3) is 0 Å². The summed E-state index contributed by atoms with van der Waals surface area (Å²) < 4.78 is 0. The number of carbonyl (C=O) groups is 1. The van der Waals surface area contributed by atoms with Crippen LogP contribution in [0.4, 0.5) is 0 Å². The summed E-state index contributed by atoms with van der Waals surface area (Å²) in [4.78, 5) is 12.8. The van der Waals surface area contributed by atoms with Crippen molar-refractivity contribution >= 4 is 17.7 Å². The van der Waals surface area contributed by atoms with E-state index in [2.05, 4.69) is 25.2 Å². The van der Waals surface area contributed by atoms with E-state index in [-0.39, 0.29) is 5.91 Å². The zero-order valence-corrected chi connectivity index (χ0v) is 10.9. The van der Waals surface area contributed by atoms with Gasteiger partial charge in [-0.25, -0.2) is 0 Å². The van der Waals surface area contributed by atoms with E-state index in [4.69, 9.17) is 0 Å². The molecule has 0 radical (unpaired) electrons. The molecule has 1 unspecified atom stereocenters. The summed E-state index contributed by atoms with van der Waals surface area (Å²) in [5, 5.41) is 3.40. The van der Waals surface area contributed by atoms with Crippen LogP contribution in [0.2, 0.25) is 0 Å². The molecule has 2 nitrogen and oxygen atoms in total. The van der Waals surface area contributed by atoms with Crippen LogP contribution < -0.4 is 5.32 Å². The van der Waals surface area contributed by atoms with E-state index in [9.17, 15) is 4.79 Å². The van der Waals surface area contributed by atoms with Gasteiger partial charge in [-0.15, -0.1) is 11.8 Å². The van der Waals surface area contributed by atoms with Crippen LogP contribution in [0, 0.1) is 0 Å². The number of hydrogen-bond acceptors (Lipinski definition) is 2. The van der Waals surface area contributed by atoms with E-state index in [1.807, 2.05) is 36.9 Å². The third-order valence-electron chi connectivity index (χ3n) is 2.35. The molecule has 0 fully saturated rings. The van der Waals surface area contributed by atoms with Crippen molar-refractivity contribution in [1.29, 1.82) is 0 Å². The quantitative estimate of drug-likeness (QED) is 0.796. The van der Waals surface area contributed by atoms with Crippen molar-refractivity contribution in [3.63, 3.8) is 0 Å². The van der Waals surface area contributed by atoms with Crippen LogP contribution in [0.1, 0.15) is 37.6 Å². The van der Waals surface area contributed by atoms with Crippen molar-refractivity contribution in [1.82, 2.24) is 5.32 Å². The Bertz CT molecular complexity index is 352. The molecule has 1 amide bonds. The Hall–Kier alpha value is -0.960. The second-order valence-corrected chi connectivity index (χ2v) is 5.24. The molecule has 1 aromatic rings. The predicted molar refractivity (Wildman–Crippen MR) is 70.1 cm³/mol. The lowest BCUT2D eigenvalue weighted by Gasteiger charge is -2.09. The topological polar surface area (TPSA) is 29.1 Å². The predicted octanol–water partition coefficient (Wildman–Crippen LogP) is 3.33. The van der Waals surface area contributed by atoms with E-state index < -0.39 is 0 Å². The average molecular weight is 237 g/mol. The summed E-state index contributed by atoms with van der Waals surface area (Å²) in [5.41, 5.74) is 0.746. The SMILES string of the molecule is CCNC(=O)c1cccc(SC(C)CC)c1. The summed E-state index contributed by atoms with van der Waals surface area (Å²) >= 11 is 1.81. The monoisotopic (exact) mass is 237 g/mol. The van der Waals surface area contributed by atoms with Crippen LogP contribution >= 0.6 is 11.8 Å². The Labute approximate surface area is 102 Å². The van der Waals surface area contributed by atoms with Crippen molar-refractivity contribution in [3.05, 3.63) is 29.8 Å². The lowest BCUT2D eigenvalue weighted by Crippen LogP contribution is -2.22. The lowest BCUT2D eigenvalue weighted by molar-refractivity contribution is 0.0955. The molecule has 88 valence electrons. The normalized spacial score (nSPS) is 12.2. The third-order valence-corrected chi connectivity index (χ3v) is 3.61. The van der Waals surface area contributed by atoms with Gasteiger partial charge in [-0.1, -0.05) is 19.9 Å². The number of nitrogens with one attached hydrogen (secondary N) is 1. The summed E-state index contributed by atoms with van der Waals surface area (Å²) in [6.07, 6.45) is 1.13. The standard InChI is InChI=1S/C13H19NOS/c1-4-10(3)16-12-8-6-7-11(9-12)13(15)14-5-2/h6-10H,4-5H2,1-3H3,(H,14,15). The zero-order valence-electron chi connectivity index (χ0n) is 10.1. The van der Waals surface area contributed by atoms with Gasteiger partial charge in [0.25, 0.3) is 5.91 Å². The van der Waals surface area contributed by atoms with Gasteiger partial charge in [-0.3, -0.25) is 4.79 Å². The molecule has 0 spiro atoms. The second-order valence-electron chi connectivity index (χ2n) is 3.72. The average Bonchev–Trinajstić information content (AvgIpc) is 2.29. The summed E-state index contributed by atoms with van der Waals surface area (Å²) in [6, 6.07) is 7.81. The molecule has 16 heavy (non-hydrogen) atoms. The van der Waals surface area contributed by atoms with E-state index in [1.165, 1.54) is 0 Å². The first kappa shape index (κ1) is 13.1. The smallest absolute Gasteiger partial charge is 0.251 e. The minimum absolute atomic E-state index is 0.00843. The van der Waals surface area contributed by atoms with Crippen LogP contribution in [0.5, 0.6) is 0 Å². The maximum absolute atomic E-state index is 11.6. The fourth-order valence-electron chi connectivity index (χ4n) is 1.29. The third kappa shape index (κ3) is 3.89. The Kier molecular flexibility index (Phi) is 5.39. The number of carbonyl (C=O) groups excluding carboxylic acids is 1. The van der Waals surface area contributed by atoms with Crippen molar-refractivity contribution in [2.24, 2.45) is 0 Å². The van der Waals surface area contributed by atoms with Crippen molar-refractivity contribution in [3.8, 4) is 0 Å². The molecule has 0 heterocycles. The maximum atomic E-state index is 11.6. The molecule has 1 N–H and O–H groups in total. The van der Waals surface area contributed by atoms with Gasteiger partial charge in [-0.2, -0.15) is 0 Å². The van der Waals surface area contributed by atoms with E-state index in [0.717, 1.165) is 16.9 Å². The Morgan fingerprint density at radius 1 is 1.44 bits per heavy atom. The number of amides is 1. The second kappa shape index (κ2) is 6.59. The van der Waals surface area contributed by atoms with Gasteiger partial charge in [0.1, 0.15) is 0 Å². The van der Waals surface area contributed by atoms with E-state index >= 15 is 0 Å². The van der Waals surface area contributed by atoms with E-state index in [0.29, 0.717) is 11.8 Å². The fourth-order valence-corrected chi connectivity index (χ4v) is 2.27. The Morgan fingerprint density at radius 2 is 2.19 bits per heavy atom.